The van der Waals surface area contributed by atoms with E-state index < -0.39 is 0 Å². The fourth-order valence-electron chi connectivity index (χ4n) is 3.02. The zero-order chi connectivity index (χ0) is 14.1. The Morgan fingerprint density at radius 3 is 2.60 bits per heavy atom. The first-order valence-corrected chi connectivity index (χ1v) is 7.26. The van der Waals surface area contributed by atoms with E-state index in [1.54, 1.807) is 0 Å². The Balaban J connectivity index is 1.97. The molecule has 6 heteroatoms. The average Bonchev–Trinajstić information content (AvgIpc) is 2.76. The molecule has 2 heterocycles. The number of carbonyl (C=O) groups excluding carboxylic acids is 1. The molecule has 0 radical (unpaired) electrons. The van der Waals surface area contributed by atoms with Gasteiger partial charge in [0, 0.05) is 18.8 Å². The molecule has 0 bridgehead atoms. The van der Waals surface area contributed by atoms with Gasteiger partial charge in [0.2, 0.25) is 0 Å². The molecule has 1 aliphatic heterocycles. The SMILES string of the molecule is COC(=O)c1nn(C2CCOCC2)c(N)c1C1CCC1. The summed E-state index contributed by atoms with van der Waals surface area (Å²) in [7, 11) is 1.39. The van der Waals surface area contributed by atoms with Crippen molar-refractivity contribution in [2.45, 2.75) is 44.1 Å². The van der Waals surface area contributed by atoms with Gasteiger partial charge in [0.15, 0.2) is 5.69 Å². The summed E-state index contributed by atoms with van der Waals surface area (Å²) in [6, 6.07) is 0.223. The molecule has 0 unspecified atom stereocenters. The number of hydrogen-bond donors (Lipinski definition) is 1. The van der Waals surface area contributed by atoms with Crippen molar-refractivity contribution in [3.05, 3.63) is 11.3 Å². The molecule has 1 aliphatic carbocycles. The van der Waals surface area contributed by atoms with Crippen LogP contribution in [-0.2, 0) is 9.47 Å². The highest BCUT2D eigenvalue weighted by Crippen LogP contribution is 2.42. The van der Waals surface area contributed by atoms with E-state index in [2.05, 4.69) is 5.10 Å². The quantitative estimate of drug-likeness (QED) is 0.854. The summed E-state index contributed by atoms with van der Waals surface area (Å²) in [5, 5.41) is 4.47. The first-order valence-electron chi connectivity index (χ1n) is 7.26. The highest BCUT2D eigenvalue weighted by molar-refractivity contribution is 5.90. The Kier molecular flexibility index (Phi) is 3.65. The lowest BCUT2D eigenvalue weighted by atomic mass is 9.79. The third-order valence-electron chi connectivity index (χ3n) is 4.41. The fourth-order valence-corrected chi connectivity index (χ4v) is 3.02. The first kappa shape index (κ1) is 13.4. The molecule has 2 fully saturated rings. The number of esters is 1. The maximum absolute atomic E-state index is 11.9. The highest BCUT2D eigenvalue weighted by Gasteiger charge is 2.33. The van der Waals surface area contributed by atoms with E-state index in [0.717, 1.165) is 44.5 Å². The molecule has 1 saturated carbocycles. The zero-order valence-corrected chi connectivity index (χ0v) is 11.8. The molecular formula is C14H21N3O3. The van der Waals surface area contributed by atoms with Gasteiger partial charge in [-0.1, -0.05) is 6.42 Å². The summed E-state index contributed by atoms with van der Waals surface area (Å²) in [6.07, 6.45) is 5.11. The number of nitrogen functional groups attached to an aromatic ring is 1. The predicted molar refractivity (Wildman–Crippen MR) is 73.7 cm³/mol. The third kappa shape index (κ3) is 2.18. The fraction of sp³-hybridized carbons (Fsp3) is 0.714. The minimum atomic E-state index is -0.385. The Morgan fingerprint density at radius 1 is 1.35 bits per heavy atom. The minimum absolute atomic E-state index is 0.223. The van der Waals surface area contributed by atoms with Crippen LogP contribution in [0.4, 0.5) is 5.82 Å². The molecule has 110 valence electrons. The lowest BCUT2D eigenvalue weighted by Gasteiger charge is -2.27. The van der Waals surface area contributed by atoms with Crippen molar-refractivity contribution < 1.29 is 14.3 Å². The van der Waals surface area contributed by atoms with Crippen LogP contribution in [0.15, 0.2) is 0 Å². The monoisotopic (exact) mass is 279 g/mol. The third-order valence-corrected chi connectivity index (χ3v) is 4.41. The van der Waals surface area contributed by atoms with Crippen LogP contribution < -0.4 is 5.73 Å². The molecule has 0 aromatic carbocycles. The zero-order valence-electron chi connectivity index (χ0n) is 11.8. The molecular weight excluding hydrogens is 258 g/mol. The number of hydrogen-bond acceptors (Lipinski definition) is 5. The van der Waals surface area contributed by atoms with E-state index >= 15 is 0 Å². The van der Waals surface area contributed by atoms with Crippen LogP contribution in [0.25, 0.3) is 0 Å². The van der Waals surface area contributed by atoms with E-state index in [1.165, 1.54) is 13.5 Å². The van der Waals surface area contributed by atoms with Gasteiger partial charge in [-0.2, -0.15) is 5.10 Å². The highest BCUT2D eigenvalue weighted by atomic mass is 16.5. The van der Waals surface area contributed by atoms with Gasteiger partial charge in [0.25, 0.3) is 0 Å². The average molecular weight is 279 g/mol. The Morgan fingerprint density at radius 2 is 2.05 bits per heavy atom. The van der Waals surface area contributed by atoms with E-state index in [-0.39, 0.29) is 12.0 Å². The van der Waals surface area contributed by atoms with Gasteiger partial charge < -0.3 is 15.2 Å². The molecule has 1 aromatic heterocycles. The van der Waals surface area contributed by atoms with Gasteiger partial charge in [-0.25, -0.2) is 9.48 Å². The van der Waals surface area contributed by atoms with E-state index in [4.69, 9.17) is 15.2 Å². The number of anilines is 1. The lowest BCUT2D eigenvalue weighted by Crippen LogP contribution is -2.22. The van der Waals surface area contributed by atoms with Crippen LogP contribution in [0.2, 0.25) is 0 Å². The summed E-state index contributed by atoms with van der Waals surface area (Å²) in [5.74, 6) is 0.615. The molecule has 1 aromatic rings. The van der Waals surface area contributed by atoms with E-state index in [9.17, 15) is 4.79 Å². The van der Waals surface area contributed by atoms with Gasteiger partial charge in [-0.15, -0.1) is 0 Å². The maximum Gasteiger partial charge on any atom is 0.358 e. The molecule has 0 atom stereocenters. The Hall–Kier alpha value is -1.56. The summed E-state index contributed by atoms with van der Waals surface area (Å²) in [5.41, 5.74) is 7.59. The molecule has 6 nitrogen and oxygen atoms in total. The lowest BCUT2D eigenvalue weighted by molar-refractivity contribution is 0.0581. The van der Waals surface area contributed by atoms with Crippen molar-refractivity contribution in [3.8, 4) is 0 Å². The van der Waals surface area contributed by atoms with Gasteiger partial charge in [0.05, 0.1) is 13.2 Å². The molecule has 3 rings (SSSR count). The number of aromatic nitrogens is 2. The summed E-state index contributed by atoms with van der Waals surface area (Å²) in [6.45, 7) is 1.44. The maximum atomic E-state index is 11.9. The Labute approximate surface area is 118 Å². The van der Waals surface area contributed by atoms with Gasteiger partial charge in [-0.05, 0) is 31.6 Å². The number of nitrogens with zero attached hydrogens (tertiary/aromatic N) is 2. The number of carbonyl (C=O) groups is 1. The standard InChI is InChI=1S/C14H21N3O3/c1-19-14(18)12-11(9-3-2-4-9)13(15)17(16-12)10-5-7-20-8-6-10/h9-10H,2-8,15H2,1H3. The van der Waals surface area contributed by atoms with E-state index in [1.807, 2.05) is 4.68 Å². The molecule has 2 N–H and O–H groups in total. The smallest absolute Gasteiger partial charge is 0.358 e. The predicted octanol–water partition coefficient (Wildman–Crippen LogP) is 1.87. The summed E-state index contributed by atoms with van der Waals surface area (Å²) in [4.78, 5) is 11.9. The van der Waals surface area contributed by atoms with Crippen LogP contribution in [0.1, 0.15) is 60.1 Å². The molecule has 0 amide bonds. The largest absolute Gasteiger partial charge is 0.464 e. The molecule has 20 heavy (non-hydrogen) atoms. The van der Waals surface area contributed by atoms with Crippen molar-refractivity contribution in [1.82, 2.24) is 9.78 Å². The summed E-state index contributed by atoms with van der Waals surface area (Å²) < 4.78 is 12.1. The number of methoxy groups -OCH3 is 1. The van der Waals surface area contributed by atoms with Crippen molar-refractivity contribution in [2.24, 2.45) is 0 Å². The van der Waals surface area contributed by atoms with Crippen LogP contribution >= 0.6 is 0 Å². The second kappa shape index (κ2) is 5.44. The van der Waals surface area contributed by atoms with Crippen molar-refractivity contribution >= 4 is 11.8 Å². The second-order valence-corrected chi connectivity index (χ2v) is 5.56. The Bertz CT molecular complexity index is 502. The van der Waals surface area contributed by atoms with Crippen LogP contribution in [0.5, 0.6) is 0 Å². The van der Waals surface area contributed by atoms with Crippen LogP contribution in [0.3, 0.4) is 0 Å². The van der Waals surface area contributed by atoms with Crippen LogP contribution in [0, 0.1) is 0 Å². The van der Waals surface area contributed by atoms with Crippen LogP contribution in [-0.4, -0.2) is 36.1 Å². The number of ether oxygens (including phenoxy) is 2. The van der Waals surface area contributed by atoms with Crippen molar-refractivity contribution in [3.63, 3.8) is 0 Å². The number of nitrogens with two attached hydrogens (primary N) is 1. The molecule has 1 saturated heterocycles. The minimum Gasteiger partial charge on any atom is -0.464 e. The van der Waals surface area contributed by atoms with E-state index in [0.29, 0.717) is 17.4 Å². The molecule has 0 spiro atoms. The van der Waals surface area contributed by atoms with Gasteiger partial charge >= 0.3 is 5.97 Å². The topological polar surface area (TPSA) is 79.4 Å². The molecule has 2 aliphatic rings. The van der Waals surface area contributed by atoms with Crippen molar-refractivity contribution in [1.29, 1.82) is 0 Å². The van der Waals surface area contributed by atoms with Gasteiger partial charge in [0.1, 0.15) is 5.82 Å². The normalized spacial score (nSPS) is 20.6. The second-order valence-electron chi connectivity index (χ2n) is 5.56. The van der Waals surface area contributed by atoms with Gasteiger partial charge in [-0.3, -0.25) is 0 Å². The first-order chi connectivity index (χ1) is 9.72. The van der Waals surface area contributed by atoms with Crippen molar-refractivity contribution in [2.75, 3.05) is 26.1 Å². The number of rotatable bonds is 3. The summed E-state index contributed by atoms with van der Waals surface area (Å²) >= 11 is 0.